The Bertz CT molecular complexity index is 742. The smallest absolute Gasteiger partial charge is 0.343 e. The fourth-order valence-corrected chi connectivity index (χ4v) is 2.50. The molecular weight excluding hydrogens is 376 g/mol. The fourth-order valence-electron chi connectivity index (χ4n) is 2.01. The molecule has 0 saturated heterocycles. The van der Waals surface area contributed by atoms with Gasteiger partial charge in [0.15, 0.2) is 11.5 Å². The van der Waals surface area contributed by atoms with Crippen molar-refractivity contribution < 1.29 is 23.8 Å². The largest absolute Gasteiger partial charge is 0.493 e. The summed E-state index contributed by atoms with van der Waals surface area (Å²) in [4.78, 5) is 23.2. The number of esters is 1. The van der Waals surface area contributed by atoms with E-state index < -0.39 is 5.97 Å². The third kappa shape index (κ3) is 4.35. The molecule has 2 rings (SSSR count). The first-order valence-corrected chi connectivity index (χ1v) is 8.24. The molecule has 0 aliphatic rings. The normalized spacial score (nSPS) is 10.1. The Hall–Kier alpha value is -2.34. The van der Waals surface area contributed by atoms with Crippen molar-refractivity contribution in [1.82, 2.24) is 0 Å². The molecule has 126 valence electrons. The van der Waals surface area contributed by atoms with Crippen LogP contribution >= 0.6 is 15.9 Å². The minimum Gasteiger partial charge on any atom is -0.493 e. The first-order chi connectivity index (χ1) is 11.6. The van der Waals surface area contributed by atoms with E-state index in [2.05, 4.69) is 15.9 Å². The maximum Gasteiger partial charge on any atom is 0.343 e. The number of carbonyl (C=O) groups is 2. The van der Waals surface area contributed by atoms with Crippen molar-refractivity contribution in [1.29, 1.82) is 0 Å². The fraction of sp³-hybridized carbons (Fsp3) is 0.222. The van der Waals surface area contributed by atoms with E-state index >= 15 is 0 Å². The van der Waals surface area contributed by atoms with Crippen LogP contribution in [0.1, 0.15) is 34.6 Å². The van der Waals surface area contributed by atoms with E-state index in [1.54, 1.807) is 24.3 Å². The van der Waals surface area contributed by atoms with Crippen LogP contribution in [0.3, 0.4) is 0 Å². The Morgan fingerprint density at radius 1 is 1.00 bits per heavy atom. The van der Waals surface area contributed by atoms with Crippen LogP contribution in [0.15, 0.2) is 40.9 Å². The van der Waals surface area contributed by atoms with E-state index in [-0.39, 0.29) is 5.75 Å². The van der Waals surface area contributed by atoms with Gasteiger partial charge < -0.3 is 14.2 Å². The summed E-state index contributed by atoms with van der Waals surface area (Å²) >= 11 is 3.36. The van der Waals surface area contributed by atoms with Crippen LogP contribution in [0.2, 0.25) is 0 Å². The van der Waals surface area contributed by atoms with E-state index in [0.29, 0.717) is 46.6 Å². The first kappa shape index (κ1) is 18.0. The molecule has 0 saturated carbocycles. The number of carbonyl (C=O) groups excluding carboxylic acids is 2. The van der Waals surface area contributed by atoms with Crippen LogP contribution in [-0.2, 0) is 0 Å². The van der Waals surface area contributed by atoms with E-state index in [4.69, 9.17) is 14.2 Å². The second-order valence-electron chi connectivity index (χ2n) is 4.72. The van der Waals surface area contributed by atoms with Crippen molar-refractivity contribution in [2.24, 2.45) is 0 Å². The third-order valence-electron chi connectivity index (χ3n) is 3.07. The molecule has 0 fully saturated rings. The molecule has 0 aromatic heterocycles. The number of hydrogen-bond acceptors (Lipinski definition) is 5. The van der Waals surface area contributed by atoms with E-state index in [1.807, 2.05) is 13.8 Å². The SMILES string of the molecule is CCOc1ccc(C(=O)Oc2ccc(C=O)cc2OCC)cc1Br. The van der Waals surface area contributed by atoms with E-state index in [0.717, 1.165) is 0 Å². The molecular formula is C18H17BrO5. The number of aldehydes is 1. The second kappa shape index (κ2) is 8.49. The van der Waals surface area contributed by atoms with E-state index in [9.17, 15) is 9.59 Å². The summed E-state index contributed by atoms with van der Waals surface area (Å²) in [5, 5.41) is 0. The molecule has 0 N–H and O–H groups in total. The highest BCUT2D eigenvalue weighted by molar-refractivity contribution is 9.10. The molecule has 0 bridgehead atoms. The highest BCUT2D eigenvalue weighted by Gasteiger charge is 2.15. The Balaban J connectivity index is 2.23. The number of halogens is 1. The van der Waals surface area contributed by atoms with Gasteiger partial charge in [0, 0.05) is 5.56 Å². The Morgan fingerprint density at radius 3 is 2.29 bits per heavy atom. The molecule has 0 amide bonds. The number of rotatable bonds is 7. The molecule has 0 atom stereocenters. The number of hydrogen-bond donors (Lipinski definition) is 0. The Labute approximate surface area is 148 Å². The monoisotopic (exact) mass is 392 g/mol. The summed E-state index contributed by atoms with van der Waals surface area (Å²) in [6.07, 6.45) is 0.706. The van der Waals surface area contributed by atoms with Crippen LogP contribution in [0, 0.1) is 0 Å². The molecule has 0 heterocycles. The minimum absolute atomic E-state index is 0.262. The summed E-state index contributed by atoms with van der Waals surface area (Å²) in [5.41, 5.74) is 0.814. The van der Waals surface area contributed by atoms with Gasteiger partial charge in [-0.15, -0.1) is 0 Å². The molecule has 0 aliphatic carbocycles. The first-order valence-electron chi connectivity index (χ1n) is 7.45. The van der Waals surface area contributed by atoms with Crippen LogP contribution in [0.25, 0.3) is 0 Å². The lowest BCUT2D eigenvalue weighted by atomic mass is 10.2. The Morgan fingerprint density at radius 2 is 1.67 bits per heavy atom. The lowest BCUT2D eigenvalue weighted by Crippen LogP contribution is -2.10. The van der Waals surface area contributed by atoms with Gasteiger partial charge >= 0.3 is 5.97 Å². The lowest BCUT2D eigenvalue weighted by molar-refractivity contribution is 0.0728. The van der Waals surface area contributed by atoms with Gasteiger partial charge in [-0.05, 0) is 66.2 Å². The van der Waals surface area contributed by atoms with Gasteiger partial charge in [0.05, 0.1) is 23.2 Å². The standard InChI is InChI=1S/C18H17BrO5/c1-3-22-15-8-6-13(10-14(15)19)18(21)24-16-7-5-12(11-20)9-17(16)23-4-2/h5-11H,3-4H2,1-2H3. The van der Waals surface area contributed by atoms with Crippen molar-refractivity contribution in [3.8, 4) is 17.2 Å². The molecule has 2 aromatic rings. The molecule has 0 aliphatic heterocycles. The van der Waals surface area contributed by atoms with E-state index in [1.165, 1.54) is 12.1 Å². The second-order valence-corrected chi connectivity index (χ2v) is 5.58. The maximum atomic E-state index is 12.3. The van der Waals surface area contributed by atoms with Crippen LogP contribution < -0.4 is 14.2 Å². The molecule has 0 radical (unpaired) electrons. The molecule has 0 spiro atoms. The summed E-state index contributed by atoms with van der Waals surface area (Å²) in [6.45, 7) is 4.61. The molecule has 2 aromatic carbocycles. The predicted molar refractivity (Wildman–Crippen MR) is 93.3 cm³/mol. The summed E-state index contributed by atoms with van der Waals surface area (Å²) in [7, 11) is 0. The van der Waals surface area contributed by atoms with Gasteiger partial charge in [0.2, 0.25) is 0 Å². The molecule has 24 heavy (non-hydrogen) atoms. The van der Waals surface area contributed by atoms with Gasteiger partial charge in [-0.3, -0.25) is 4.79 Å². The molecule has 5 nitrogen and oxygen atoms in total. The zero-order valence-corrected chi connectivity index (χ0v) is 15.0. The van der Waals surface area contributed by atoms with Crippen LogP contribution in [-0.4, -0.2) is 25.5 Å². The zero-order chi connectivity index (χ0) is 17.5. The van der Waals surface area contributed by atoms with Crippen LogP contribution in [0.4, 0.5) is 0 Å². The predicted octanol–water partition coefficient (Wildman–Crippen LogP) is 4.28. The summed E-state index contributed by atoms with van der Waals surface area (Å²) < 4.78 is 16.9. The van der Waals surface area contributed by atoms with Crippen LogP contribution in [0.5, 0.6) is 17.2 Å². The van der Waals surface area contributed by atoms with Gasteiger partial charge in [0.25, 0.3) is 0 Å². The quantitative estimate of drug-likeness (QED) is 0.399. The molecule has 0 unspecified atom stereocenters. The topological polar surface area (TPSA) is 61.8 Å². The summed E-state index contributed by atoms with van der Waals surface area (Å²) in [5.74, 6) is 0.732. The average Bonchev–Trinajstić information content (AvgIpc) is 2.58. The van der Waals surface area contributed by atoms with Crippen molar-refractivity contribution >= 4 is 28.2 Å². The van der Waals surface area contributed by atoms with Gasteiger partial charge in [-0.1, -0.05) is 0 Å². The van der Waals surface area contributed by atoms with Gasteiger partial charge in [0.1, 0.15) is 12.0 Å². The number of benzene rings is 2. The molecule has 6 heteroatoms. The third-order valence-corrected chi connectivity index (χ3v) is 3.69. The van der Waals surface area contributed by atoms with Crippen molar-refractivity contribution in [3.63, 3.8) is 0 Å². The Kier molecular flexibility index (Phi) is 6.37. The highest BCUT2D eigenvalue weighted by atomic mass is 79.9. The van der Waals surface area contributed by atoms with Crippen molar-refractivity contribution in [2.75, 3.05) is 13.2 Å². The zero-order valence-electron chi connectivity index (χ0n) is 13.4. The minimum atomic E-state index is -0.529. The van der Waals surface area contributed by atoms with Crippen molar-refractivity contribution in [2.45, 2.75) is 13.8 Å². The number of ether oxygens (including phenoxy) is 3. The maximum absolute atomic E-state index is 12.3. The average molecular weight is 393 g/mol. The highest BCUT2D eigenvalue weighted by Crippen LogP contribution is 2.30. The van der Waals surface area contributed by atoms with Crippen molar-refractivity contribution in [3.05, 3.63) is 52.0 Å². The summed E-state index contributed by atoms with van der Waals surface area (Å²) in [6, 6.07) is 9.59. The van der Waals surface area contributed by atoms with Gasteiger partial charge in [-0.2, -0.15) is 0 Å². The van der Waals surface area contributed by atoms with Gasteiger partial charge in [-0.25, -0.2) is 4.79 Å². The lowest BCUT2D eigenvalue weighted by Gasteiger charge is -2.12.